The first-order chi connectivity index (χ1) is 13.9. The molecule has 0 heterocycles. The van der Waals surface area contributed by atoms with Crippen molar-refractivity contribution < 1.29 is 14.6 Å². The molecule has 3 rings (SSSR count). The van der Waals surface area contributed by atoms with Gasteiger partial charge in [-0.05, 0) is 66.6 Å². The molecule has 6 nitrogen and oxygen atoms in total. The van der Waals surface area contributed by atoms with Crippen molar-refractivity contribution in [3.8, 4) is 28.7 Å². The zero-order valence-electron chi connectivity index (χ0n) is 15.9. The maximum atomic E-state index is 12.0. The largest absolute Gasteiger partial charge is 0.457 e. The number of carbonyl (C=O) groups is 1. The molecule has 0 bridgehead atoms. The van der Waals surface area contributed by atoms with Crippen LogP contribution >= 0.6 is 0 Å². The number of anilines is 1. The van der Waals surface area contributed by atoms with Gasteiger partial charge in [-0.15, -0.1) is 0 Å². The number of carbonyl (C=O) groups excluding carboxylic acids is 1. The summed E-state index contributed by atoms with van der Waals surface area (Å²) in [6.45, 7) is 1.01. The summed E-state index contributed by atoms with van der Waals surface area (Å²) in [6.07, 6.45) is 0. The van der Waals surface area contributed by atoms with E-state index < -0.39 is 18.1 Å². The Bertz CT molecular complexity index is 1020. The van der Waals surface area contributed by atoms with E-state index in [1.807, 2.05) is 36.4 Å². The van der Waals surface area contributed by atoms with Crippen molar-refractivity contribution in [2.24, 2.45) is 5.73 Å². The summed E-state index contributed by atoms with van der Waals surface area (Å²) >= 11 is 0. The maximum absolute atomic E-state index is 12.0. The summed E-state index contributed by atoms with van der Waals surface area (Å²) in [5.41, 5.74) is 7.59. The number of nitrogens with zero attached hydrogens (tertiary/aromatic N) is 1. The second-order valence-electron chi connectivity index (χ2n) is 6.87. The average Bonchev–Trinajstić information content (AvgIpc) is 2.75. The minimum Gasteiger partial charge on any atom is -0.457 e. The molecule has 3 aromatic rings. The number of nitrogens with one attached hydrogen (secondary N) is 1. The van der Waals surface area contributed by atoms with E-state index in [2.05, 4.69) is 11.4 Å². The molecule has 4 N–H and O–H groups in total. The highest BCUT2D eigenvalue weighted by molar-refractivity contribution is 5.97. The van der Waals surface area contributed by atoms with Gasteiger partial charge in [0.25, 0.3) is 0 Å². The Labute approximate surface area is 169 Å². The Balaban J connectivity index is 1.64. The highest BCUT2D eigenvalue weighted by Gasteiger charge is 2.27. The highest BCUT2D eigenvalue weighted by Crippen LogP contribution is 2.27. The van der Waals surface area contributed by atoms with Gasteiger partial charge in [0.15, 0.2) is 0 Å². The zero-order chi connectivity index (χ0) is 20.9. The van der Waals surface area contributed by atoms with Gasteiger partial charge in [-0.3, -0.25) is 4.79 Å². The van der Waals surface area contributed by atoms with E-state index in [-0.39, 0.29) is 0 Å². The van der Waals surface area contributed by atoms with Crippen LogP contribution in [0.2, 0.25) is 0 Å². The van der Waals surface area contributed by atoms with Crippen LogP contribution in [0.5, 0.6) is 11.5 Å². The summed E-state index contributed by atoms with van der Waals surface area (Å²) in [5.74, 6) is 0.827. The number of aliphatic hydroxyl groups is 1. The first-order valence-corrected chi connectivity index (χ1v) is 9.01. The molecule has 0 saturated carbocycles. The number of hydrogen-bond donors (Lipinski definition) is 3. The van der Waals surface area contributed by atoms with Crippen LogP contribution in [0.25, 0.3) is 11.1 Å². The van der Waals surface area contributed by atoms with E-state index >= 15 is 0 Å². The van der Waals surface area contributed by atoms with Crippen LogP contribution in [0.1, 0.15) is 12.5 Å². The van der Waals surface area contributed by atoms with E-state index in [1.54, 1.807) is 36.4 Å². The third-order valence-electron chi connectivity index (χ3n) is 4.40. The van der Waals surface area contributed by atoms with Gasteiger partial charge in [-0.1, -0.05) is 24.3 Å². The standard InChI is InChI=1S/C23H21N3O3/c1-23(25,15-27)22(28)26-19-8-12-21(13-9-19)29-20-10-6-18(7-11-20)17-4-2-16(14-24)3-5-17/h2-13,27H,15,25H2,1H3,(H,26,28)/t23-/m0/s1. The number of amides is 1. The van der Waals surface area contributed by atoms with Gasteiger partial charge in [0.2, 0.25) is 5.91 Å². The van der Waals surface area contributed by atoms with Gasteiger partial charge >= 0.3 is 0 Å². The number of aliphatic hydroxyl groups excluding tert-OH is 1. The molecular weight excluding hydrogens is 366 g/mol. The lowest BCUT2D eigenvalue weighted by molar-refractivity contribution is -0.121. The lowest BCUT2D eigenvalue weighted by atomic mass is 10.0. The summed E-state index contributed by atoms with van der Waals surface area (Å²) in [7, 11) is 0. The topological polar surface area (TPSA) is 108 Å². The molecule has 3 aromatic carbocycles. The van der Waals surface area contributed by atoms with E-state index in [0.29, 0.717) is 22.7 Å². The molecule has 1 amide bonds. The normalized spacial score (nSPS) is 12.5. The number of ether oxygens (including phenoxy) is 1. The lowest BCUT2D eigenvalue weighted by Gasteiger charge is -2.20. The van der Waals surface area contributed by atoms with Gasteiger partial charge in [0.05, 0.1) is 18.2 Å². The van der Waals surface area contributed by atoms with Crippen molar-refractivity contribution in [2.75, 3.05) is 11.9 Å². The Morgan fingerprint density at radius 1 is 1.00 bits per heavy atom. The van der Waals surface area contributed by atoms with Gasteiger partial charge < -0.3 is 20.9 Å². The van der Waals surface area contributed by atoms with Crippen LogP contribution < -0.4 is 15.8 Å². The molecule has 0 radical (unpaired) electrons. The Hall–Kier alpha value is -3.66. The summed E-state index contributed by atoms with van der Waals surface area (Å²) < 4.78 is 5.83. The van der Waals surface area contributed by atoms with Crippen LogP contribution in [0.15, 0.2) is 72.8 Å². The zero-order valence-corrected chi connectivity index (χ0v) is 15.9. The second kappa shape index (κ2) is 8.57. The van der Waals surface area contributed by atoms with E-state index in [9.17, 15) is 4.79 Å². The van der Waals surface area contributed by atoms with Crippen LogP contribution in [0.3, 0.4) is 0 Å². The van der Waals surface area contributed by atoms with E-state index in [0.717, 1.165) is 11.1 Å². The molecule has 0 saturated heterocycles. The molecule has 0 aliphatic carbocycles. The highest BCUT2D eigenvalue weighted by atomic mass is 16.5. The number of hydrogen-bond acceptors (Lipinski definition) is 5. The molecule has 146 valence electrons. The molecule has 0 aliphatic rings. The van der Waals surface area contributed by atoms with E-state index in [4.69, 9.17) is 20.8 Å². The number of benzene rings is 3. The molecule has 0 spiro atoms. The molecule has 0 aromatic heterocycles. The number of nitriles is 1. The molecule has 0 fully saturated rings. The van der Waals surface area contributed by atoms with Crippen molar-refractivity contribution in [1.82, 2.24) is 0 Å². The Morgan fingerprint density at radius 3 is 1.97 bits per heavy atom. The predicted molar refractivity (Wildman–Crippen MR) is 111 cm³/mol. The maximum Gasteiger partial charge on any atom is 0.246 e. The minimum absolute atomic E-state index is 0.446. The SMILES string of the molecule is C[C@](N)(CO)C(=O)Nc1ccc(Oc2ccc(-c3ccc(C#N)cc3)cc2)cc1. The first-order valence-electron chi connectivity index (χ1n) is 9.01. The fourth-order valence-electron chi connectivity index (χ4n) is 2.54. The first kappa shape index (κ1) is 20.1. The molecule has 0 unspecified atom stereocenters. The number of nitrogens with two attached hydrogens (primary N) is 1. The van der Waals surface area contributed by atoms with E-state index in [1.165, 1.54) is 6.92 Å². The van der Waals surface area contributed by atoms with Crippen LogP contribution in [0.4, 0.5) is 5.69 Å². The second-order valence-corrected chi connectivity index (χ2v) is 6.87. The van der Waals surface area contributed by atoms with Gasteiger partial charge in [0.1, 0.15) is 17.0 Å². The van der Waals surface area contributed by atoms with Crippen molar-refractivity contribution in [2.45, 2.75) is 12.5 Å². The summed E-state index contributed by atoms with van der Waals surface area (Å²) in [5, 5.41) is 20.7. The fourth-order valence-corrected chi connectivity index (χ4v) is 2.54. The lowest BCUT2D eigenvalue weighted by Crippen LogP contribution is -2.51. The average molecular weight is 387 g/mol. The number of rotatable bonds is 6. The third-order valence-corrected chi connectivity index (χ3v) is 4.40. The molecule has 29 heavy (non-hydrogen) atoms. The molecule has 0 aliphatic heterocycles. The predicted octanol–water partition coefficient (Wildman–Crippen LogP) is 3.67. The third kappa shape index (κ3) is 4.99. The Kier molecular flexibility index (Phi) is 5.93. The van der Waals surface area contributed by atoms with Crippen LogP contribution in [-0.4, -0.2) is 23.2 Å². The minimum atomic E-state index is -1.34. The van der Waals surface area contributed by atoms with Gasteiger partial charge in [0, 0.05) is 5.69 Å². The van der Waals surface area contributed by atoms with Gasteiger partial charge in [-0.2, -0.15) is 5.26 Å². The quantitative estimate of drug-likeness (QED) is 0.598. The van der Waals surface area contributed by atoms with Crippen LogP contribution in [-0.2, 0) is 4.79 Å². The summed E-state index contributed by atoms with van der Waals surface area (Å²) in [6, 6.07) is 24.0. The van der Waals surface area contributed by atoms with Crippen molar-refractivity contribution in [3.63, 3.8) is 0 Å². The molecular formula is C23H21N3O3. The molecule has 6 heteroatoms. The Morgan fingerprint density at radius 2 is 1.48 bits per heavy atom. The van der Waals surface area contributed by atoms with Crippen molar-refractivity contribution in [1.29, 1.82) is 5.26 Å². The van der Waals surface area contributed by atoms with Crippen molar-refractivity contribution in [3.05, 3.63) is 78.4 Å². The monoisotopic (exact) mass is 387 g/mol. The van der Waals surface area contributed by atoms with Gasteiger partial charge in [-0.25, -0.2) is 0 Å². The van der Waals surface area contributed by atoms with Crippen molar-refractivity contribution >= 4 is 11.6 Å². The fraction of sp³-hybridized carbons (Fsp3) is 0.130. The van der Waals surface area contributed by atoms with Crippen LogP contribution in [0, 0.1) is 11.3 Å². The summed E-state index contributed by atoms with van der Waals surface area (Å²) in [4.78, 5) is 12.0. The molecule has 1 atom stereocenters. The smallest absolute Gasteiger partial charge is 0.246 e.